The van der Waals surface area contributed by atoms with Gasteiger partial charge in [0, 0.05) is 25.9 Å². The number of para-hydroxylation sites is 1. The van der Waals surface area contributed by atoms with E-state index >= 15 is 0 Å². The number of aromatic nitrogens is 3. The zero-order chi connectivity index (χ0) is 19.5. The Kier molecular flexibility index (Phi) is 5.59. The van der Waals surface area contributed by atoms with Crippen molar-refractivity contribution in [2.24, 2.45) is 11.8 Å². The molecule has 1 amide bonds. The van der Waals surface area contributed by atoms with E-state index in [1.165, 1.54) is 36.3 Å². The van der Waals surface area contributed by atoms with E-state index in [0.717, 1.165) is 25.9 Å². The number of halogens is 1. The molecule has 1 N–H and O–H groups in total. The molecule has 0 atom stereocenters. The highest BCUT2D eigenvalue weighted by atomic mass is 19.1. The lowest BCUT2D eigenvalue weighted by Crippen LogP contribution is -2.39. The first-order chi connectivity index (χ1) is 13.6. The van der Waals surface area contributed by atoms with Crippen molar-refractivity contribution in [3.8, 4) is 5.69 Å². The molecule has 1 aliphatic heterocycles. The average Bonchev–Trinajstić information content (AvgIpc) is 3.33. The number of likely N-dealkylation sites (tertiary alicyclic amines) is 1. The molecule has 4 rings (SSSR count). The molecule has 0 spiro atoms. The molecule has 150 valence electrons. The number of amides is 1. The maximum Gasteiger partial charge on any atom is 0.348 e. The molecular weight excluding hydrogens is 359 g/mol. The summed E-state index contributed by atoms with van der Waals surface area (Å²) in [6.07, 6.45) is 7.95. The summed E-state index contributed by atoms with van der Waals surface area (Å²) in [4.78, 5) is 26.7. The Morgan fingerprint density at radius 3 is 2.54 bits per heavy atom. The predicted molar refractivity (Wildman–Crippen MR) is 104 cm³/mol. The number of hydrogen-bond acceptors (Lipinski definition) is 3. The molecule has 1 saturated heterocycles. The van der Waals surface area contributed by atoms with E-state index in [4.69, 9.17) is 0 Å². The highest BCUT2D eigenvalue weighted by molar-refractivity contribution is 5.76. The monoisotopic (exact) mass is 386 g/mol. The molecular formula is C21H27FN4O2. The third kappa shape index (κ3) is 4.03. The Bertz CT molecular complexity index is 877. The molecule has 1 aliphatic carbocycles. The molecule has 1 saturated carbocycles. The van der Waals surface area contributed by atoms with Gasteiger partial charge < -0.3 is 4.90 Å². The lowest BCUT2D eigenvalue weighted by Gasteiger charge is -2.32. The van der Waals surface area contributed by atoms with Crippen molar-refractivity contribution in [2.75, 3.05) is 13.1 Å². The number of H-pyrrole nitrogens is 1. The Hall–Kier alpha value is -2.44. The summed E-state index contributed by atoms with van der Waals surface area (Å²) >= 11 is 0. The molecule has 7 heteroatoms. The highest BCUT2D eigenvalue weighted by Crippen LogP contribution is 2.29. The number of carbonyl (C=O) groups is 1. The minimum Gasteiger partial charge on any atom is -0.343 e. The first-order valence-electron chi connectivity index (χ1n) is 10.3. The van der Waals surface area contributed by atoms with Crippen LogP contribution in [0.4, 0.5) is 4.39 Å². The van der Waals surface area contributed by atoms with Crippen LogP contribution in [0.2, 0.25) is 0 Å². The lowest BCUT2D eigenvalue weighted by atomic mass is 9.92. The molecule has 0 radical (unpaired) electrons. The van der Waals surface area contributed by atoms with Gasteiger partial charge in [0.05, 0.1) is 5.69 Å². The van der Waals surface area contributed by atoms with Crippen molar-refractivity contribution < 1.29 is 9.18 Å². The lowest BCUT2D eigenvalue weighted by molar-refractivity contribution is -0.133. The van der Waals surface area contributed by atoms with Gasteiger partial charge in [-0.3, -0.25) is 4.79 Å². The fraction of sp³-hybridized carbons (Fsp3) is 0.571. The van der Waals surface area contributed by atoms with E-state index in [1.54, 1.807) is 18.2 Å². The minimum absolute atomic E-state index is 0.223. The fourth-order valence-corrected chi connectivity index (χ4v) is 4.58. The number of carbonyl (C=O) groups excluding carboxylic acids is 1. The van der Waals surface area contributed by atoms with Crippen LogP contribution in [0.15, 0.2) is 29.1 Å². The van der Waals surface area contributed by atoms with Crippen molar-refractivity contribution >= 4 is 5.91 Å². The van der Waals surface area contributed by atoms with Crippen LogP contribution in [0.25, 0.3) is 5.69 Å². The van der Waals surface area contributed by atoms with E-state index in [9.17, 15) is 14.0 Å². The van der Waals surface area contributed by atoms with Gasteiger partial charge >= 0.3 is 5.69 Å². The summed E-state index contributed by atoms with van der Waals surface area (Å²) < 4.78 is 15.5. The van der Waals surface area contributed by atoms with Crippen LogP contribution in [-0.2, 0) is 11.2 Å². The smallest absolute Gasteiger partial charge is 0.343 e. The van der Waals surface area contributed by atoms with Gasteiger partial charge in [-0.1, -0.05) is 25.0 Å². The Morgan fingerprint density at radius 1 is 1.11 bits per heavy atom. The minimum atomic E-state index is -0.445. The second-order valence-corrected chi connectivity index (χ2v) is 8.11. The topological polar surface area (TPSA) is 71.0 Å². The van der Waals surface area contributed by atoms with Crippen LogP contribution in [0, 0.1) is 17.7 Å². The molecule has 1 aromatic heterocycles. The van der Waals surface area contributed by atoms with Crippen LogP contribution in [0.1, 0.15) is 50.8 Å². The maximum absolute atomic E-state index is 14.2. The molecule has 28 heavy (non-hydrogen) atoms. The summed E-state index contributed by atoms with van der Waals surface area (Å²) in [6.45, 7) is 1.51. The largest absolute Gasteiger partial charge is 0.348 e. The summed E-state index contributed by atoms with van der Waals surface area (Å²) in [6, 6.07) is 6.23. The van der Waals surface area contributed by atoms with E-state index in [2.05, 4.69) is 10.2 Å². The number of nitrogens with zero attached hydrogens (tertiary/aromatic N) is 3. The van der Waals surface area contributed by atoms with Crippen molar-refractivity contribution in [2.45, 2.75) is 51.4 Å². The van der Waals surface area contributed by atoms with Gasteiger partial charge in [0.25, 0.3) is 0 Å². The number of hydrogen-bond donors (Lipinski definition) is 1. The van der Waals surface area contributed by atoms with Crippen molar-refractivity contribution in [1.29, 1.82) is 0 Å². The van der Waals surface area contributed by atoms with Gasteiger partial charge in [-0.25, -0.2) is 18.9 Å². The van der Waals surface area contributed by atoms with Crippen LogP contribution in [0.3, 0.4) is 0 Å². The van der Waals surface area contributed by atoms with Crippen LogP contribution in [0.5, 0.6) is 0 Å². The predicted octanol–water partition coefficient (Wildman–Crippen LogP) is 3.06. The quantitative estimate of drug-likeness (QED) is 0.859. The van der Waals surface area contributed by atoms with Gasteiger partial charge in [0.15, 0.2) is 0 Å². The van der Waals surface area contributed by atoms with Gasteiger partial charge in [-0.2, -0.15) is 5.10 Å². The highest BCUT2D eigenvalue weighted by Gasteiger charge is 2.27. The number of benzene rings is 1. The SMILES string of the molecule is O=C(CC1CCCC1)N1CCC(Cc2n[nH]c(=O)n2-c2ccccc2F)CC1. The molecule has 1 aromatic carbocycles. The molecule has 2 aromatic rings. The van der Waals surface area contributed by atoms with E-state index in [0.29, 0.717) is 30.5 Å². The van der Waals surface area contributed by atoms with Crippen LogP contribution < -0.4 is 5.69 Å². The molecule has 0 bridgehead atoms. The Morgan fingerprint density at radius 2 is 1.82 bits per heavy atom. The van der Waals surface area contributed by atoms with Crippen molar-refractivity contribution in [3.05, 3.63) is 46.4 Å². The normalized spacial score (nSPS) is 18.7. The van der Waals surface area contributed by atoms with Crippen LogP contribution in [-0.4, -0.2) is 38.7 Å². The first kappa shape index (κ1) is 18.9. The second kappa shape index (κ2) is 8.29. The number of piperidine rings is 1. The third-order valence-electron chi connectivity index (χ3n) is 6.21. The second-order valence-electron chi connectivity index (χ2n) is 8.11. The van der Waals surface area contributed by atoms with Crippen molar-refractivity contribution in [3.63, 3.8) is 0 Å². The van der Waals surface area contributed by atoms with Gasteiger partial charge in [0.2, 0.25) is 5.91 Å². The molecule has 2 heterocycles. The van der Waals surface area contributed by atoms with Gasteiger partial charge in [-0.15, -0.1) is 0 Å². The van der Waals surface area contributed by atoms with Gasteiger partial charge in [0.1, 0.15) is 11.6 Å². The molecule has 2 fully saturated rings. The maximum atomic E-state index is 14.2. The average molecular weight is 386 g/mol. The zero-order valence-electron chi connectivity index (χ0n) is 16.1. The first-order valence-corrected chi connectivity index (χ1v) is 10.3. The standard InChI is InChI=1S/C21H27FN4O2/c22-17-7-3-4-8-18(17)26-19(23-24-21(26)28)13-16-9-11-25(12-10-16)20(27)14-15-5-1-2-6-15/h3-4,7-8,15-16H,1-2,5-6,9-14H2,(H,24,28). The van der Waals surface area contributed by atoms with Crippen LogP contribution >= 0.6 is 0 Å². The summed E-state index contributed by atoms with van der Waals surface area (Å²) in [5.41, 5.74) is -0.204. The summed E-state index contributed by atoms with van der Waals surface area (Å²) in [7, 11) is 0. The fourth-order valence-electron chi connectivity index (χ4n) is 4.58. The number of rotatable bonds is 5. The summed E-state index contributed by atoms with van der Waals surface area (Å²) in [5, 5.41) is 6.57. The Balaban J connectivity index is 1.37. The number of nitrogens with one attached hydrogen (secondary N) is 1. The third-order valence-corrected chi connectivity index (χ3v) is 6.21. The van der Waals surface area contributed by atoms with E-state index in [-0.39, 0.29) is 11.6 Å². The molecule has 2 aliphatic rings. The van der Waals surface area contributed by atoms with Gasteiger partial charge in [-0.05, 0) is 49.7 Å². The zero-order valence-corrected chi connectivity index (χ0v) is 16.1. The van der Waals surface area contributed by atoms with E-state index in [1.807, 2.05) is 4.90 Å². The molecule has 6 nitrogen and oxygen atoms in total. The Labute approximate surface area is 163 Å². The number of aromatic amines is 1. The van der Waals surface area contributed by atoms with Crippen molar-refractivity contribution in [1.82, 2.24) is 19.7 Å². The summed E-state index contributed by atoms with van der Waals surface area (Å²) in [5.74, 6) is 1.29. The molecule has 0 unspecified atom stereocenters. The van der Waals surface area contributed by atoms with E-state index < -0.39 is 11.5 Å².